The Morgan fingerprint density at radius 3 is 3.00 bits per heavy atom. The number of furan rings is 1. The van der Waals surface area contributed by atoms with Gasteiger partial charge in [-0.1, -0.05) is 6.92 Å². The van der Waals surface area contributed by atoms with Crippen molar-refractivity contribution in [2.24, 2.45) is 0 Å². The molecule has 0 aliphatic carbocycles. The van der Waals surface area contributed by atoms with Crippen LogP contribution in [0.25, 0.3) is 10.2 Å². The highest BCUT2D eigenvalue weighted by Crippen LogP contribution is 2.28. The molecule has 0 saturated carbocycles. The van der Waals surface area contributed by atoms with E-state index in [-0.39, 0.29) is 12.4 Å². The molecule has 3 aromatic rings. The standard InChI is InChI=1S/C13H13N3OS.ClH/c1-2-10-6-11-12(15-8-16-13(11)18-10)14-7-9-4-3-5-17-9;/h3-6,8H,2,7H2,1H3,(H,14,15,16);1H/p-1. The second kappa shape index (κ2) is 6.04. The molecule has 3 heterocycles. The molecule has 4 nitrogen and oxygen atoms in total. The van der Waals surface area contributed by atoms with Crippen molar-refractivity contribution in [1.29, 1.82) is 0 Å². The lowest BCUT2D eigenvalue weighted by atomic mass is 10.3. The van der Waals surface area contributed by atoms with Crippen LogP contribution in [0.15, 0.2) is 35.2 Å². The third kappa shape index (κ3) is 2.88. The van der Waals surface area contributed by atoms with Gasteiger partial charge in [-0.05, 0) is 24.6 Å². The summed E-state index contributed by atoms with van der Waals surface area (Å²) in [5.74, 6) is 1.76. The third-order valence-corrected chi connectivity index (χ3v) is 3.93. The smallest absolute Gasteiger partial charge is 0.138 e. The zero-order valence-electron chi connectivity index (χ0n) is 10.4. The lowest BCUT2D eigenvalue weighted by molar-refractivity contribution is -0.00000418. The molecule has 3 aromatic heterocycles. The second-order valence-corrected chi connectivity index (χ2v) is 5.06. The number of thiophene rings is 1. The van der Waals surface area contributed by atoms with Crippen molar-refractivity contribution < 1.29 is 16.8 Å². The molecule has 0 spiro atoms. The summed E-state index contributed by atoms with van der Waals surface area (Å²) in [7, 11) is 0. The molecule has 0 radical (unpaired) electrons. The summed E-state index contributed by atoms with van der Waals surface area (Å²) < 4.78 is 5.29. The molecule has 19 heavy (non-hydrogen) atoms. The van der Waals surface area contributed by atoms with Crippen molar-refractivity contribution in [2.45, 2.75) is 19.9 Å². The molecule has 0 fully saturated rings. The van der Waals surface area contributed by atoms with Crippen LogP contribution >= 0.6 is 11.3 Å². The Hall–Kier alpha value is -1.59. The molecule has 6 heteroatoms. The Kier molecular flexibility index (Phi) is 4.39. The van der Waals surface area contributed by atoms with Crippen LogP contribution in [0.5, 0.6) is 0 Å². The molecule has 0 aromatic carbocycles. The zero-order chi connectivity index (χ0) is 12.4. The van der Waals surface area contributed by atoms with E-state index in [4.69, 9.17) is 4.42 Å². The topological polar surface area (TPSA) is 51.0 Å². The highest BCUT2D eigenvalue weighted by atomic mass is 35.5. The molecule has 3 rings (SSSR count). The van der Waals surface area contributed by atoms with Crippen LogP contribution in [0, 0.1) is 0 Å². The number of anilines is 1. The van der Waals surface area contributed by atoms with Crippen LogP contribution < -0.4 is 17.7 Å². The monoisotopic (exact) mass is 294 g/mol. The number of hydrogen-bond donors (Lipinski definition) is 1. The molecule has 0 aliphatic heterocycles. The zero-order valence-corrected chi connectivity index (χ0v) is 12.0. The van der Waals surface area contributed by atoms with Gasteiger partial charge in [0.05, 0.1) is 18.2 Å². The number of hydrogen-bond acceptors (Lipinski definition) is 5. The van der Waals surface area contributed by atoms with Crippen molar-refractivity contribution in [2.75, 3.05) is 5.32 Å². The van der Waals surface area contributed by atoms with Gasteiger partial charge >= 0.3 is 0 Å². The third-order valence-electron chi connectivity index (χ3n) is 2.74. The Bertz CT molecular complexity index is 651. The molecule has 0 unspecified atom stereocenters. The molecule has 100 valence electrons. The Morgan fingerprint density at radius 2 is 2.26 bits per heavy atom. The van der Waals surface area contributed by atoms with Crippen LogP contribution in [-0.4, -0.2) is 9.97 Å². The fourth-order valence-electron chi connectivity index (χ4n) is 1.80. The van der Waals surface area contributed by atoms with Crippen molar-refractivity contribution in [3.63, 3.8) is 0 Å². The molecular weight excluding hydrogens is 282 g/mol. The number of rotatable bonds is 4. The van der Waals surface area contributed by atoms with Gasteiger partial charge in [-0.2, -0.15) is 0 Å². The summed E-state index contributed by atoms with van der Waals surface area (Å²) in [5, 5.41) is 4.38. The van der Waals surface area contributed by atoms with E-state index < -0.39 is 0 Å². The van der Waals surface area contributed by atoms with E-state index in [1.165, 1.54) is 4.88 Å². The fraction of sp³-hybridized carbons (Fsp3) is 0.231. The molecule has 0 bridgehead atoms. The summed E-state index contributed by atoms with van der Waals surface area (Å²) >= 11 is 1.72. The number of nitrogens with zero attached hydrogens (tertiary/aromatic N) is 2. The summed E-state index contributed by atoms with van der Waals surface area (Å²) in [4.78, 5) is 11.0. The maximum Gasteiger partial charge on any atom is 0.138 e. The summed E-state index contributed by atoms with van der Waals surface area (Å²) in [6.45, 7) is 2.78. The van der Waals surface area contributed by atoms with Crippen LogP contribution in [0.4, 0.5) is 5.82 Å². The SMILES string of the molecule is CCc1cc2c(NCc3ccco3)ncnc2s1.[Cl-]. The largest absolute Gasteiger partial charge is 1.00 e. The first-order valence-corrected chi connectivity index (χ1v) is 6.68. The Morgan fingerprint density at radius 1 is 1.37 bits per heavy atom. The van der Waals surface area contributed by atoms with Gasteiger partial charge in [-0.25, -0.2) is 9.97 Å². The van der Waals surface area contributed by atoms with E-state index in [0.29, 0.717) is 6.54 Å². The van der Waals surface area contributed by atoms with Gasteiger partial charge in [0.1, 0.15) is 22.7 Å². The minimum Gasteiger partial charge on any atom is -1.00 e. The van der Waals surface area contributed by atoms with Gasteiger partial charge in [0.25, 0.3) is 0 Å². The summed E-state index contributed by atoms with van der Waals surface area (Å²) in [5.41, 5.74) is 0. The number of nitrogens with one attached hydrogen (secondary N) is 1. The predicted octanol–water partition coefficient (Wildman–Crippen LogP) is 0.463. The predicted molar refractivity (Wildman–Crippen MR) is 72.8 cm³/mol. The van der Waals surface area contributed by atoms with Crippen molar-refractivity contribution in [1.82, 2.24) is 9.97 Å². The fourth-order valence-corrected chi connectivity index (χ4v) is 2.74. The lowest BCUT2D eigenvalue weighted by Gasteiger charge is -2.03. The molecule has 1 N–H and O–H groups in total. The number of aryl methyl sites for hydroxylation is 1. The summed E-state index contributed by atoms with van der Waals surface area (Å²) in [6.07, 6.45) is 4.30. The lowest BCUT2D eigenvalue weighted by Crippen LogP contribution is -3.00. The Labute approximate surface area is 121 Å². The molecular formula is C13H13ClN3OS-. The minimum absolute atomic E-state index is 0. The average Bonchev–Trinajstić information content (AvgIpc) is 3.04. The Balaban J connectivity index is 0.00000133. The number of aromatic nitrogens is 2. The van der Waals surface area contributed by atoms with Gasteiger partial charge in [0.15, 0.2) is 0 Å². The number of halogens is 1. The maximum atomic E-state index is 5.29. The average molecular weight is 295 g/mol. The van der Waals surface area contributed by atoms with Gasteiger partial charge in [0, 0.05) is 4.88 Å². The molecule has 0 amide bonds. The highest BCUT2D eigenvalue weighted by Gasteiger charge is 2.07. The highest BCUT2D eigenvalue weighted by molar-refractivity contribution is 7.18. The second-order valence-electron chi connectivity index (χ2n) is 3.94. The van der Waals surface area contributed by atoms with E-state index in [2.05, 4.69) is 28.3 Å². The van der Waals surface area contributed by atoms with E-state index in [1.807, 2.05) is 12.1 Å². The first-order valence-electron chi connectivity index (χ1n) is 5.86. The van der Waals surface area contributed by atoms with Gasteiger partial charge in [0.2, 0.25) is 0 Å². The summed E-state index contributed by atoms with van der Waals surface area (Å²) in [6, 6.07) is 5.98. The molecule has 0 saturated heterocycles. The van der Waals surface area contributed by atoms with E-state index in [0.717, 1.165) is 28.2 Å². The first-order chi connectivity index (χ1) is 8.86. The normalized spacial score (nSPS) is 10.4. The van der Waals surface area contributed by atoms with Crippen LogP contribution in [0.1, 0.15) is 17.6 Å². The van der Waals surface area contributed by atoms with Crippen molar-refractivity contribution >= 4 is 27.4 Å². The molecule has 0 atom stereocenters. The van der Waals surface area contributed by atoms with E-state index >= 15 is 0 Å². The van der Waals surface area contributed by atoms with Gasteiger partial charge in [-0.15, -0.1) is 11.3 Å². The van der Waals surface area contributed by atoms with E-state index in [1.54, 1.807) is 23.9 Å². The van der Waals surface area contributed by atoms with Crippen LogP contribution in [0.2, 0.25) is 0 Å². The molecule has 0 aliphatic rings. The minimum atomic E-state index is 0. The van der Waals surface area contributed by atoms with Gasteiger partial charge in [-0.3, -0.25) is 0 Å². The number of fused-ring (bicyclic) bond motifs is 1. The quantitative estimate of drug-likeness (QED) is 0.760. The van der Waals surface area contributed by atoms with Crippen molar-refractivity contribution in [3.05, 3.63) is 41.4 Å². The first kappa shape index (κ1) is 13.8. The van der Waals surface area contributed by atoms with Gasteiger partial charge < -0.3 is 22.1 Å². The van der Waals surface area contributed by atoms with E-state index in [9.17, 15) is 0 Å². The van der Waals surface area contributed by atoms with Crippen molar-refractivity contribution in [3.8, 4) is 0 Å². The van der Waals surface area contributed by atoms with Crippen LogP contribution in [0.3, 0.4) is 0 Å². The van der Waals surface area contributed by atoms with Crippen LogP contribution in [-0.2, 0) is 13.0 Å². The maximum absolute atomic E-state index is 5.29.